The summed E-state index contributed by atoms with van der Waals surface area (Å²) in [6, 6.07) is 17.2. The van der Waals surface area contributed by atoms with Crippen molar-refractivity contribution >= 4 is 11.8 Å². The molecule has 3 rings (SSSR count). The fourth-order valence-electron chi connectivity index (χ4n) is 3.64. The summed E-state index contributed by atoms with van der Waals surface area (Å²) < 4.78 is 10.9. The molecule has 148 valence electrons. The van der Waals surface area contributed by atoms with E-state index in [1.165, 1.54) is 0 Å². The number of hydrogen-bond acceptors (Lipinski definition) is 4. The summed E-state index contributed by atoms with van der Waals surface area (Å²) in [4.78, 5) is 20.0. The normalized spacial score (nSPS) is 19.5. The summed E-state index contributed by atoms with van der Waals surface area (Å²) in [6.45, 7) is 4.69. The van der Waals surface area contributed by atoms with Gasteiger partial charge < -0.3 is 14.4 Å². The predicted octanol–water partition coefficient (Wildman–Crippen LogP) is 3.72. The Bertz CT molecular complexity index is 816. The highest BCUT2D eigenvalue weighted by molar-refractivity contribution is 5.95. The van der Waals surface area contributed by atoms with Crippen LogP contribution >= 0.6 is 0 Å². The zero-order valence-corrected chi connectivity index (χ0v) is 17.0. The number of amides is 1. The molecule has 0 aliphatic carbocycles. The van der Waals surface area contributed by atoms with Gasteiger partial charge in [-0.2, -0.15) is 0 Å². The number of carbonyl (C=O) groups is 1. The first-order valence-corrected chi connectivity index (χ1v) is 9.62. The van der Waals surface area contributed by atoms with E-state index < -0.39 is 6.04 Å². The molecule has 0 saturated carbocycles. The molecule has 0 bridgehead atoms. The molecule has 0 radical (unpaired) electrons. The molecule has 1 aliphatic rings. The van der Waals surface area contributed by atoms with Crippen LogP contribution in [-0.4, -0.2) is 43.0 Å². The molecule has 0 aromatic heterocycles. The van der Waals surface area contributed by atoms with Gasteiger partial charge in [0.15, 0.2) is 0 Å². The van der Waals surface area contributed by atoms with Gasteiger partial charge in [0.05, 0.1) is 14.2 Å². The average Bonchev–Trinajstić information content (AvgIpc) is 2.71. The van der Waals surface area contributed by atoms with Crippen LogP contribution in [0.4, 0.5) is 0 Å². The van der Waals surface area contributed by atoms with E-state index in [-0.39, 0.29) is 17.9 Å². The third kappa shape index (κ3) is 4.35. The molecule has 5 nitrogen and oxygen atoms in total. The number of methoxy groups -OCH3 is 2. The third-order valence-electron chi connectivity index (χ3n) is 5.06. The van der Waals surface area contributed by atoms with Crippen molar-refractivity contribution in [1.82, 2.24) is 4.90 Å². The molecule has 0 fully saturated rings. The number of carbonyl (C=O) groups excluding carboxylic acids is 1. The lowest BCUT2D eigenvalue weighted by molar-refractivity contribution is -0.136. The molecule has 0 saturated heterocycles. The highest BCUT2D eigenvalue weighted by Crippen LogP contribution is 2.25. The molecule has 1 aliphatic heterocycles. The summed E-state index contributed by atoms with van der Waals surface area (Å²) in [6.07, 6.45) is 0.566. The Kier molecular flexibility index (Phi) is 6.34. The second-order valence-electron chi connectivity index (χ2n) is 7.38. The van der Waals surface area contributed by atoms with Crippen LogP contribution in [0.25, 0.3) is 0 Å². The largest absolute Gasteiger partial charge is 0.497 e. The minimum absolute atomic E-state index is 0.0409. The maximum absolute atomic E-state index is 13.4. The van der Waals surface area contributed by atoms with Crippen LogP contribution in [0.1, 0.15) is 25.0 Å². The first kappa shape index (κ1) is 19.9. The molecule has 1 heterocycles. The van der Waals surface area contributed by atoms with E-state index in [1.807, 2.05) is 59.5 Å². The van der Waals surface area contributed by atoms with Crippen LogP contribution in [0.5, 0.6) is 5.75 Å². The van der Waals surface area contributed by atoms with E-state index in [2.05, 4.69) is 18.8 Å². The molecule has 2 atom stereocenters. The van der Waals surface area contributed by atoms with E-state index in [0.717, 1.165) is 16.9 Å². The van der Waals surface area contributed by atoms with Crippen LogP contribution in [0.15, 0.2) is 59.6 Å². The summed E-state index contributed by atoms with van der Waals surface area (Å²) in [7, 11) is 3.28. The molecule has 2 aromatic carbocycles. The second kappa shape index (κ2) is 8.91. The van der Waals surface area contributed by atoms with E-state index >= 15 is 0 Å². The van der Waals surface area contributed by atoms with Crippen LogP contribution in [-0.2, 0) is 22.5 Å². The summed E-state index contributed by atoms with van der Waals surface area (Å²) in [5.41, 5.74) is 2.14. The minimum Gasteiger partial charge on any atom is -0.497 e. The fourth-order valence-corrected chi connectivity index (χ4v) is 3.64. The number of aliphatic imine (C=N–C) groups is 1. The highest BCUT2D eigenvalue weighted by Gasteiger charge is 2.40. The SMILES string of the molecule is COC1=N[C@@H](Cc2ccccc2)C(=O)N(Cc2ccc(OC)cc2)[C@H]1C(C)C. The molecule has 28 heavy (non-hydrogen) atoms. The maximum atomic E-state index is 13.4. The number of rotatable bonds is 6. The molecular weight excluding hydrogens is 352 g/mol. The second-order valence-corrected chi connectivity index (χ2v) is 7.38. The fraction of sp³-hybridized carbons (Fsp3) is 0.391. The van der Waals surface area contributed by atoms with Crippen molar-refractivity contribution in [3.05, 3.63) is 65.7 Å². The Labute approximate surface area is 167 Å². The van der Waals surface area contributed by atoms with Gasteiger partial charge in [-0.3, -0.25) is 4.79 Å². The lowest BCUT2D eigenvalue weighted by Crippen LogP contribution is -2.55. The monoisotopic (exact) mass is 380 g/mol. The summed E-state index contributed by atoms with van der Waals surface area (Å²) in [5.74, 6) is 1.66. The number of nitrogens with zero attached hydrogens (tertiary/aromatic N) is 2. The van der Waals surface area contributed by atoms with Gasteiger partial charge in [-0.05, 0) is 29.2 Å². The quantitative estimate of drug-likeness (QED) is 0.767. The van der Waals surface area contributed by atoms with Gasteiger partial charge in [0, 0.05) is 13.0 Å². The molecule has 5 heteroatoms. The van der Waals surface area contributed by atoms with Crippen molar-refractivity contribution in [2.24, 2.45) is 10.9 Å². The smallest absolute Gasteiger partial charge is 0.248 e. The molecular formula is C23H28N2O3. The first-order chi connectivity index (χ1) is 13.5. The topological polar surface area (TPSA) is 51.1 Å². The Balaban J connectivity index is 1.90. The summed E-state index contributed by atoms with van der Waals surface area (Å²) in [5, 5.41) is 0. The molecule has 2 aromatic rings. The van der Waals surface area contributed by atoms with Crippen molar-refractivity contribution in [2.45, 2.75) is 38.9 Å². The van der Waals surface area contributed by atoms with Gasteiger partial charge >= 0.3 is 0 Å². The van der Waals surface area contributed by atoms with Gasteiger partial charge in [-0.1, -0.05) is 56.3 Å². The van der Waals surface area contributed by atoms with Gasteiger partial charge in [0.2, 0.25) is 11.8 Å². The van der Waals surface area contributed by atoms with Gasteiger partial charge in [0.25, 0.3) is 0 Å². The Morgan fingerprint density at radius 3 is 2.21 bits per heavy atom. The lowest BCUT2D eigenvalue weighted by Gasteiger charge is -2.39. The Morgan fingerprint density at radius 2 is 1.64 bits per heavy atom. The van der Waals surface area contributed by atoms with E-state index in [9.17, 15) is 4.79 Å². The Morgan fingerprint density at radius 1 is 0.964 bits per heavy atom. The highest BCUT2D eigenvalue weighted by atomic mass is 16.5. The summed E-state index contributed by atoms with van der Waals surface area (Å²) >= 11 is 0. The van der Waals surface area contributed by atoms with Crippen molar-refractivity contribution < 1.29 is 14.3 Å². The first-order valence-electron chi connectivity index (χ1n) is 9.62. The van der Waals surface area contributed by atoms with E-state index in [1.54, 1.807) is 14.2 Å². The molecule has 0 unspecified atom stereocenters. The zero-order chi connectivity index (χ0) is 20.1. The standard InChI is InChI=1S/C23H28N2O3/c1-16(2)21-22(28-4)24-20(14-17-8-6-5-7-9-17)23(26)25(21)15-18-10-12-19(27-3)13-11-18/h5-13,16,20-21H,14-15H2,1-4H3/t20-,21-/m0/s1. The zero-order valence-electron chi connectivity index (χ0n) is 17.0. The Hall–Kier alpha value is -2.82. The van der Waals surface area contributed by atoms with Crippen molar-refractivity contribution in [2.75, 3.05) is 14.2 Å². The number of ether oxygens (including phenoxy) is 2. The van der Waals surface area contributed by atoms with E-state index in [0.29, 0.717) is 18.9 Å². The van der Waals surface area contributed by atoms with Gasteiger partial charge in [-0.15, -0.1) is 0 Å². The molecule has 0 N–H and O–H groups in total. The predicted molar refractivity (Wildman–Crippen MR) is 111 cm³/mol. The van der Waals surface area contributed by atoms with Gasteiger partial charge in [0.1, 0.15) is 17.8 Å². The number of hydrogen-bond donors (Lipinski definition) is 0. The maximum Gasteiger partial charge on any atom is 0.248 e. The van der Waals surface area contributed by atoms with Crippen molar-refractivity contribution in [3.63, 3.8) is 0 Å². The van der Waals surface area contributed by atoms with Crippen molar-refractivity contribution in [3.8, 4) is 5.75 Å². The van der Waals surface area contributed by atoms with Crippen LogP contribution in [0, 0.1) is 5.92 Å². The lowest BCUT2D eigenvalue weighted by atomic mass is 9.95. The molecule has 1 amide bonds. The third-order valence-corrected chi connectivity index (χ3v) is 5.06. The van der Waals surface area contributed by atoms with E-state index in [4.69, 9.17) is 9.47 Å². The van der Waals surface area contributed by atoms with Gasteiger partial charge in [-0.25, -0.2) is 4.99 Å². The van der Waals surface area contributed by atoms with Crippen LogP contribution < -0.4 is 4.74 Å². The average molecular weight is 380 g/mol. The van der Waals surface area contributed by atoms with Crippen molar-refractivity contribution in [1.29, 1.82) is 0 Å². The number of benzene rings is 2. The van der Waals surface area contributed by atoms with Crippen LogP contribution in [0.2, 0.25) is 0 Å². The minimum atomic E-state index is -0.467. The van der Waals surface area contributed by atoms with Crippen LogP contribution in [0.3, 0.4) is 0 Å². The molecule has 0 spiro atoms.